The average Bonchev–Trinajstić information content (AvgIpc) is 2.54. The molecule has 0 N–H and O–H groups in total. The number of benzene rings is 1. The van der Waals surface area contributed by atoms with E-state index in [2.05, 4.69) is 31.2 Å². The molecule has 3 rings (SSSR count). The maximum atomic E-state index is 13.0. The Balaban J connectivity index is 1.66. The molecule has 2 aliphatic rings. The van der Waals surface area contributed by atoms with E-state index in [-0.39, 0.29) is 6.10 Å². The summed E-state index contributed by atoms with van der Waals surface area (Å²) in [5.74, 6) is -3.17. The zero-order valence-corrected chi connectivity index (χ0v) is 14.4. The molecule has 2 aliphatic carbocycles. The number of alkyl halides is 2. The van der Waals surface area contributed by atoms with Gasteiger partial charge in [0.25, 0.3) is 0 Å². The van der Waals surface area contributed by atoms with Crippen molar-refractivity contribution in [2.24, 2.45) is 11.8 Å². The van der Waals surface area contributed by atoms with Crippen LogP contribution in [0.15, 0.2) is 24.3 Å². The molecule has 2 saturated carbocycles. The highest BCUT2D eigenvalue weighted by molar-refractivity contribution is 5.77. The lowest BCUT2D eigenvalue weighted by molar-refractivity contribution is -0.178. The molecule has 0 amide bonds. The first-order valence-corrected chi connectivity index (χ1v) is 9.00. The first kappa shape index (κ1) is 17.4. The molecule has 4 heteroatoms. The van der Waals surface area contributed by atoms with Gasteiger partial charge < -0.3 is 4.74 Å². The van der Waals surface area contributed by atoms with Crippen LogP contribution in [0.3, 0.4) is 0 Å². The number of rotatable bonds is 3. The van der Waals surface area contributed by atoms with Crippen molar-refractivity contribution < 1.29 is 18.3 Å². The fraction of sp³-hybridized carbons (Fsp3) is 0.650. The number of hydrogen-bond acceptors (Lipinski definition) is 2. The second kappa shape index (κ2) is 6.81. The predicted octanol–water partition coefficient (Wildman–Crippen LogP) is 5.25. The van der Waals surface area contributed by atoms with E-state index in [0.717, 1.165) is 25.7 Å². The maximum Gasteiger partial charge on any atom is 0.376 e. The van der Waals surface area contributed by atoms with E-state index in [0.29, 0.717) is 31.1 Å². The number of fused-ring (bicyclic) bond motifs is 1. The maximum absolute atomic E-state index is 13.0. The Bertz CT molecular complexity index is 576. The van der Waals surface area contributed by atoms with Crippen LogP contribution in [0.1, 0.15) is 62.5 Å². The normalized spacial score (nSPS) is 30.5. The minimum atomic E-state index is -3.39. The van der Waals surface area contributed by atoms with Crippen LogP contribution in [0.2, 0.25) is 0 Å². The van der Waals surface area contributed by atoms with Crippen molar-refractivity contribution in [1.29, 1.82) is 0 Å². The Morgan fingerprint density at radius 1 is 1.12 bits per heavy atom. The number of aryl methyl sites for hydroxylation is 1. The van der Waals surface area contributed by atoms with Gasteiger partial charge in [0.05, 0.1) is 0 Å². The molecule has 0 aromatic heterocycles. The molecular formula is C20H26F2O2. The fourth-order valence-corrected chi connectivity index (χ4v) is 4.51. The summed E-state index contributed by atoms with van der Waals surface area (Å²) in [5.41, 5.74) is 2.66. The summed E-state index contributed by atoms with van der Waals surface area (Å²) in [6, 6.07) is 8.78. The zero-order valence-electron chi connectivity index (χ0n) is 14.4. The molecular weight excluding hydrogens is 310 g/mol. The summed E-state index contributed by atoms with van der Waals surface area (Å²) in [6.45, 7) is 2.70. The standard InChI is InChI=1S/C20H26F2O2/c1-13-6-8-14(9-7-13)17-5-3-4-15-12-16(10-11-18(15)17)24-19(23)20(2,21)22/h6-9,15-18H,3-5,10-12H2,1-2H3. The summed E-state index contributed by atoms with van der Waals surface area (Å²) < 4.78 is 31.2. The molecule has 0 heterocycles. The number of halogens is 2. The van der Waals surface area contributed by atoms with E-state index in [4.69, 9.17) is 4.74 Å². The summed E-state index contributed by atoms with van der Waals surface area (Å²) in [4.78, 5) is 11.4. The molecule has 0 spiro atoms. The van der Waals surface area contributed by atoms with Gasteiger partial charge in [0, 0.05) is 6.92 Å². The van der Waals surface area contributed by atoms with Gasteiger partial charge >= 0.3 is 11.9 Å². The Morgan fingerprint density at radius 2 is 1.83 bits per heavy atom. The Labute approximate surface area is 142 Å². The Kier molecular flexibility index (Phi) is 4.93. The van der Waals surface area contributed by atoms with Gasteiger partial charge in [-0.3, -0.25) is 0 Å². The van der Waals surface area contributed by atoms with Crippen LogP contribution in [0, 0.1) is 18.8 Å². The van der Waals surface area contributed by atoms with Gasteiger partial charge in [0.15, 0.2) is 0 Å². The Morgan fingerprint density at radius 3 is 2.50 bits per heavy atom. The van der Waals surface area contributed by atoms with Gasteiger partial charge in [-0.25, -0.2) is 4.79 Å². The van der Waals surface area contributed by atoms with Crippen molar-refractivity contribution in [3.8, 4) is 0 Å². The zero-order chi connectivity index (χ0) is 17.3. The predicted molar refractivity (Wildman–Crippen MR) is 89.1 cm³/mol. The quantitative estimate of drug-likeness (QED) is 0.705. The van der Waals surface area contributed by atoms with Gasteiger partial charge in [-0.05, 0) is 55.9 Å². The van der Waals surface area contributed by atoms with Crippen LogP contribution in [-0.4, -0.2) is 18.0 Å². The van der Waals surface area contributed by atoms with Crippen molar-refractivity contribution in [3.05, 3.63) is 35.4 Å². The second-order valence-electron chi connectivity index (χ2n) is 7.60. The minimum absolute atomic E-state index is 0.346. The molecule has 0 radical (unpaired) electrons. The van der Waals surface area contributed by atoms with Gasteiger partial charge in [-0.15, -0.1) is 0 Å². The highest BCUT2D eigenvalue weighted by Gasteiger charge is 2.42. The van der Waals surface area contributed by atoms with Crippen LogP contribution in [0.25, 0.3) is 0 Å². The van der Waals surface area contributed by atoms with E-state index >= 15 is 0 Å². The highest BCUT2D eigenvalue weighted by atomic mass is 19.3. The summed E-state index contributed by atoms with van der Waals surface area (Å²) in [5, 5.41) is 0. The highest BCUT2D eigenvalue weighted by Crippen LogP contribution is 2.48. The summed E-state index contributed by atoms with van der Waals surface area (Å²) in [6.07, 6.45) is 5.51. The summed E-state index contributed by atoms with van der Waals surface area (Å²) in [7, 11) is 0. The van der Waals surface area contributed by atoms with Crippen molar-refractivity contribution in [2.75, 3.05) is 0 Å². The largest absolute Gasteiger partial charge is 0.458 e. The first-order chi connectivity index (χ1) is 11.3. The molecule has 0 saturated heterocycles. The molecule has 0 aliphatic heterocycles. The second-order valence-corrected chi connectivity index (χ2v) is 7.60. The number of carbonyl (C=O) groups excluding carboxylic acids is 1. The SMILES string of the molecule is Cc1ccc(C2CCCC3CC(OC(=O)C(C)(F)F)CCC32)cc1. The monoisotopic (exact) mass is 336 g/mol. The van der Waals surface area contributed by atoms with E-state index in [9.17, 15) is 13.6 Å². The molecule has 132 valence electrons. The van der Waals surface area contributed by atoms with Crippen LogP contribution >= 0.6 is 0 Å². The van der Waals surface area contributed by atoms with Crippen LogP contribution < -0.4 is 0 Å². The lowest BCUT2D eigenvalue weighted by Gasteiger charge is -2.44. The third kappa shape index (κ3) is 3.79. The van der Waals surface area contributed by atoms with Crippen molar-refractivity contribution in [3.63, 3.8) is 0 Å². The molecule has 24 heavy (non-hydrogen) atoms. The van der Waals surface area contributed by atoms with E-state index in [1.54, 1.807) is 0 Å². The molecule has 1 aromatic carbocycles. The average molecular weight is 336 g/mol. The van der Waals surface area contributed by atoms with Crippen LogP contribution in [0.4, 0.5) is 8.78 Å². The molecule has 1 aromatic rings. The Hall–Kier alpha value is -1.45. The smallest absolute Gasteiger partial charge is 0.376 e. The number of hydrogen-bond donors (Lipinski definition) is 0. The van der Waals surface area contributed by atoms with Gasteiger partial charge in [-0.1, -0.05) is 42.7 Å². The van der Waals surface area contributed by atoms with Gasteiger partial charge in [0.2, 0.25) is 0 Å². The fourth-order valence-electron chi connectivity index (χ4n) is 4.51. The molecule has 2 nitrogen and oxygen atoms in total. The van der Waals surface area contributed by atoms with Gasteiger partial charge in [-0.2, -0.15) is 8.78 Å². The number of carbonyl (C=O) groups is 1. The van der Waals surface area contributed by atoms with Crippen LogP contribution in [-0.2, 0) is 9.53 Å². The third-order valence-corrected chi connectivity index (χ3v) is 5.74. The van der Waals surface area contributed by atoms with Crippen LogP contribution in [0.5, 0.6) is 0 Å². The number of ether oxygens (including phenoxy) is 1. The van der Waals surface area contributed by atoms with Crippen molar-refractivity contribution in [2.45, 2.75) is 70.3 Å². The topological polar surface area (TPSA) is 26.3 Å². The van der Waals surface area contributed by atoms with Crippen molar-refractivity contribution in [1.82, 2.24) is 0 Å². The molecule has 2 fully saturated rings. The van der Waals surface area contributed by atoms with E-state index < -0.39 is 11.9 Å². The lowest BCUT2D eigenvalue weighted by atomic mass is 9.63. The minimum Gasteiger partial charge on any atom is -0.458 e. The molecule has 0 bridgehead atoms. The lowest BCUT2D eigenvalue weighted by Crippen LogP contribution is -2.39. The third-order valence-electron chi connectivity index (χ3n) is 5.74. The summed E-state index contributed by atoms with van der Waals surface area (Å²) >= 11 is 0. The molecule has 4 atom stereocenters. The van der Waals surface area contributed by atoms with E-state index in [1.807, 2.05) is 0 Å². The molecule has 4 unspecified atom stereocenters. The van der Waals surface area contributed by atoms with Crippen molar-refractivity contribution >= 4 is 5.97 Å². The number of esters is 1. The van der Waals surface area contributed by atoms with Gasteiger partial charge in [0.1, 0.15) is 6.10 Å². The first-order valence-electron chi connectivity index (χ1n) is 9.00. The van der Waals surface area contributed by atoms with E-state index in [1.165, 1.54) is 17.5 Å².